The van der Waals surface area contributed by atoms with Gasteiger partial charge in [0.2, 0.25) is 0 Å². The van der Waals surface area contributed by atoms with E-state index in [0.29, 0.717) is 0 Å². The number of nitrogens with zero attached hydrogens (tertiary/aromatic N) is 1. The number of carbonyl (C=O) groups excluding carboxylic acids is 1. The van der Waals surface area contributed by atoms with Gasteiger partial charge in [-0.1, -0.05) is 23.2 Å². The number of amides is 1. The molecule has 0 atom stereocenters. The molecule has 2 aromatic rings. The van der Waals surface area contributed by atoms with E-state index in [9.17, 15) is 15.0 Å². The minimum absolute atomic E-state index is 0.0783. The summed E-state index contributed by atoms with van der Waals surface area (Å²) in [4.78, 5) is 12.0. The molecule has 0 saturated carbocycles. The third-order valence-electron chi connectivity index (χ3n) is 2.87. The summed E-state index contributed by atoms with van der Waals surface area (Å²) >= 11 is 11.7. The molecule has 0 heterocycles. The van der Waals surface area contributed by atoms with Gasteiger partial charge in [0, 0.05) is 10.6 Å². The third-order valence-corrected chi connectivity index (χ3v) is 3.41. The summed E-state index contributed by atoms with van der Waals surface area (Å²) in [5.74, 6) is -0.596. The van der Waals surface area contributed by atoms with E-state index in [2.05, 4.69) is 10.5 Å². The van der Waals surface area contributed by atoms with E-state index in [0.717, 1.165) is 0 Å². The normalized spacial score (nSPS) is 10.7. The van der Waals surface area contributed by atoms with Crippen molar-refractivity contribution in [3.05, 3.63) is 51.5 Å². The van der Waals surface area contributed by atoms with Crippen molar-refractivity contribution in [3.8, 4) is 17.2 Å². The van der Waals surface area contributed by atoms with Crippen molar-refractivity contribution in [2.24, 2.45) is 5.10 Å². The highest BCUT2D eigenvalue weighted by Gasteiger charge is 2.10. The summed E-state index contributed by atoms with van der Waals surface area (Å²) in [6.45, 7) is 0. The summed E-state index contributed by atoms with van der Waals surface area (Å²) in [7, 11) is 1.38. The topological polar surface area (TPSA) is 91.2 Å². The number of hydrazone groups is 1. The summed E-state index contributed by atoms with van der Waals surface area (Å²) < 4.78 is 4.92. The first kappa shape index (κ1) is 16.9. The highest BCUT2D eigenvalue weighted by Crippen LogP contribution is 2.28. The van der Waals surface area contributed by atoms with Crippen molar-refractivity contribution >= 4 is 35.3 Å². The van der Waals surface area contributed by atoms with E-state index in [4.69, 9.17) is 27.9 Å². The average molecular weight is 355 g/mol. The lowest BCUT2D eigenvalue weighted by Crippen LogP contribution is -2.17. The molecule has 0 saturated heterocycles. The Hall–Kier alpha value is -2.44. The van der Waals surface area contributed by atoms with E-state index in [1.807, 2.05) is 0 Å². The second-order valence-corrected chi connectivity index (χ2v) is 5.25. The highest BCUT2D eigenvalue weighted by atomic mass is 35.5. The standard InChI is InChI=1S/C15H12Cl2N2O4/c1-23-14-4-8(2-3-12(14)20)15(22)19-18-7-10-11(17)5-9(16)6-13(10)21/h2-7,20-21H,1H3,(H,19,22). The smallest absolute Gasteiger partial charge is 0.271 e. The number of phenols is 2. The molecule has 0 bridgehead atoms. The lowest BCUT2D eigenvalue weighted by Gasteiger charge is -2.06. The first-order valence-electron chi connectivity index (χ1n) is 6.30. The molecule has 6 nitrogen and oxygen atoms in total. The van der Waals surface area contributed by atoms with E-state index in [1.165, 1.54) is 43.7 Å². The predicted octanol–water partition coefficient (Wildman–Crippen LogP) is 3.18. The summed E-state index contributed by atoms with van der Waals surface area (Å²) in [6.07, 6.45) is 1.20. The molecule has 0 aliphatic heterocycles. The van der Waals surface area contributed by atoms with Crippen LogP contribution in [0.2, 0.25) is 10.0 Å². The van der Waals surface area contributed by atoms with Crippen LogP contribution in [0.1, 0.15) is 15.9 Å². The Morgan fingerprint density at radius 2 is 1.96 bits per heavy atom. The number of methoxy groups -OCH3 is 1. The lowest BCUT2D eigenvalue weighted by atomic mass is 10.2. The largest absolute Gasteiger partial charge is 0.507 e. The van der Waals surface area contributed by atoms with Gasteiger partial charge in [-0.15, -0.1) is 0 Å². The van der Waals surface area contributed by atoms with Gasteiger partial charge in [0.1, 0.15) is 5.75 Å². The molecular weight excluding hydrogens is 343 g/mol. The maximum absolute atomic E-state index is 12.0. The van der Waals surface area contributed by atoms with Crippen LogP contribution in [0.3, 0.4) is 0 Å². The number of benzene rings is 2. The molecule has 8 heteroatoms. The summed E-state index contributed by atoms with van der Waals surface area (Å²) in [5.41, 5.74) is 2.74. The fourth-order valence-corrected chi connectivity index (χ4v) is 2.27. The van der Waals surface area contributed by atoms with Crippen LogP contribution in [0, 0.1) is 0 Å². The zero-order valence-electron chi connectivity index (χ0n) is 11.9. The van der Waals surface area contributed by atoms with Gasteiger partial charge in [0.25, 0.3) is 5.91 Å². The zero-order valence-corrected chi connectivity index (χ0v) is 13.4. The monoisotopic (exact) mass is 354 g/mol. The van der Waals surface area contributed by atoms with Gasteiger partial charge in [0.15, 0.2) is 11.5 Å². The van der Waals surface area contributed by atoms with E-state index in [1.54, 1.807) is 0 Å². The summed E-state index contributed by atoms with van der Waals surface area (Å²) in [6, 6.07) is 6.86. The Morgan fingerprint density at radius 3 is 2.61 bits per heavy atom. The zero-order chi connectivity index (χ0) is 17.0. The van der Waals surface area contributed by atoms with Gasteiger partial charge in [0.05, 0.1) is 23.9 Å². The Labute approximate surface area is 141 Å². The minimum atomic E-state index is -0.524. The summed E-state index contributed by atoms with van der Waals surface area (Å²) in [5, 5.41) is 23.4. The van der Waals surface area contributed by atoms with Gasteiger partial charge in [-0.2, -0.15) is 5.10 Å². The maximum Gasteiger partial charge on any atom is 0.271 e. The second kappa shape index (κ2) is 7.21. The Balaban J connectivity index is 2.13. The molecular formula is C15H12Cl2N2O4. The number of aromatic hydroxyl groups is 2. The number of carbonyl (C=O) groups is 1. The fourth-order valence-electron chi connectivity index (χ4n) is 1.74. The fraction of sp³-hybridized carbons (Fsp3) is 0.0667. The number of phenolic OH excluding ortho intramolecular Hbond substituents is 2. The first-order valence-corrected chi connectivity index (χ1v) is 7.06. The molecule has 0 aromatic heterocycles. The number of hydrogen-bond donors (Lipinski definition) is 3. The molecule has 0 radical (unpaired) electrons. The minimum Gasteiger partial charge on any atom is -0.507 e. The van der Waals surface area contributed by atoms with Crippen LogP contribution in [-0.2, 0) is 0 Å². The Morgan fingerprint density at radius 1 is 1.22 bits per heavy atom. The van der Waals surface area contributed by atoms with Gasteiger partial charge in [-0.3, -0.25) is 4.79 Å². The number of nitrogens with one attached hydrogen (secondary N) is 1. The molecule has 2 aromatic carbocycles. The predicted molar refractivity (Wildman–Crippen MR) is 87.8 cm³/mol. The molecule has 0 spiro atoms. The van der Waals surface area contributed by atoms with Crippen molar-refractivity contribution in [1.82, 2.24) is 5.43 Å². The molecule has 0 aliphatic carbocycles. The molecule has 1 amide bonds. The molecule has 2 rings (SSSR count). The Bertz CT molecular complexity index is 755. The second-order valence-electron chi connectivity index (χ2n) is 4.41. The van der Waals surface area contributed by atoms with Crippen molar-refractivity contribution in [3.63, 3.8) is 0 Å². The molecule has 0 unspecified atom stereocenters. The van der Waals surface area contributed by atoms with E-state index in [-0.39, 0.29) is 38.4 Å². The Kier molecular flexibility index (Phi) is 5.31. The SMILES string of the molecule is COc1cc(C(=O)NN=Cc2c(O)cc(Cl)cc2Cl)ccc1O. The number of ether oxygens (including phenoxy) is 1. The van der Waals surface area contributed by atoms with Crippen LogP contribution in [0.25, 0.3) is 0 Å². The van der Waals surface area contributed by atoms with Crippen LogP contribution >= 0.6 is 23.2 Å². The van der Waals surface area contributed by atoms with Crippen molar-refractivity contribution in [1.29, 1.82) is 0 Å². The van der Waals surface area contributed by atoms with Crippen LogP contribution < -0.4 is 10.2 Å². The first-order chi connectivity index (χ1) is 10.9. The van der Waals surface area contributed by atoms with E-state index < -0.39 is 5.91 Å². The van der Waals surface area contributed by atoms with Crippen molar-refractivity contribution in [2.75, 3.05) is 7.11 Å². The van der Waals surface area contributed by atoms with Gasteiger partial charge >= 0.3 is 0 Å². The van der Waals surface area contributed by atoms with E-state index >= 15 is 0 Å². The molecule has 23 heavy (non-hydrogen) atoms. The van der Waals surface area contributed by atoms with Crippen molar-refractivity contribution in [2.45, 2.75) is 0 Å². The third kappa shape index (κ3) is 4.06. The quantitative estimate of drug-likeness (QED) is 0.580. The van der Waals surface area contributed by atoms with Gasteiger partial charge in [-0.25, -0.2) is 5.43 Å². The highest BCUT2D eigenvalue weighted by molar-refractivity contribution is 6.36. The number of rotatable bonds is 4. The van der Waals surface area contributed by atoms with Crippen LogP contribution in [0.4, 0.5) is 0 Å². The molecule has 3 N–H and O–H groups in total. The lowest BCUT2D eigenvalue weighted by molar-refractivity contribution is 0.0954. The number of halogens is 2. The molecule has 0 fully saturated rings. The van der Waals surface area contributed by atoms with Crippen LogP contribution in [-0.4, -0.2) is 29.4 Å². The van der Waals surface area contributed by atoms with Crippen LogP contribution in [0.15, 0.2) is 35.4 Å². The van der Waals surface area contributed by atoms with Crippen molar-refractivity contribution < 1.29 is 19.7 Å². The molecule has 120 valence electrons. The molecule has 0 aliphatic rings. The van der Waals surface area contributed by atoms with Gasteiger partial charge < -0.3 is 14.9 Å². The maximum atomic E-state index is 12.0. The average Bonchev–Trinajstić information content (AvgIpc) is 2.50. The van der Waals surface area contributed by atoms with Crippen LogP contribution in [0.5, 0.6) is 17.2 Å². The van der Waals surface area contributed by atoms with Gasteiger partial charge in [-0.05, 0) is 30.3 Å². The number of hydrogen-bond acceptors (Lipinski definition) is 5.